The first-order chi connectivity index (χ1) is 9.70. The van der Waals surface area contributed by atoms with E-state index in [0.717, 1.165) is 19.3 Å². The van der Waals surface area contributed by atoms with Crippen LogP contribution >= 0.6 is 0 Å². The van der Waals surface area contributed by atoms with Gasteiger partial charge in [-0.15, -0.1) is 0 Å². The van der Waals surface area contributed by atoms with Crippen molar-refractivity contribution in [3.63, 3.8) is 0 Å². The van der Waals surface area contributed by atoms with E-state index in [1.54, 1.807) is 0 Å². The van der Waals surface area contributed by atoms with Gasteiger partial charge in [-0.1, -0.05) is 25.0 Å². The van der Waals surface area contributed by atoms with Crippen LogP contribution in [0.3, 0.4) is 0 Å². The monoisotopic (exact) mass is 288 g/mol. The van der Waals surface area contributed by atoms with Crippen LogP contribution < -0.4 is 0 Å². The Morgan fingerprint density at radius 3 is 2.75 bits per heavy atom. The van der Waals surface area contributed by atoms with Gasteiger partial charge in [0.2, 0.25) is 0 Å². The number of aliphatic hydroxyl groups is 3. The lowest BCUT2D eigenvalue weighted by Gasteiger charge is -2.23. The highest BCUT2D eigenvalue weighted by Gasteiger charge is 2.40. The van der Waals surface area contributed by atoms with Gasteiger partial charge >= 0.3 is 0 Å². The molecule has 0 bridgehead atoms. The van der Waals surface area contributed by atoms with Gasteiger partial charge in [0.15, 0.2) is 0 Å². The highest BCUT2D eigenvalue weighted by atomic mass is 16.6. The molecule has 0 aromatic rings. The van der Waals surface area contributed by atoms with Gasteiger partial charge in [-0.3, -0.25) is 0 Å². The maximum Gasteiger partial charge on any atom is 0.114 e. The Kier molecular flexibility index (Phi) is 9.05. The van der Waals surface area contributed by atoms with E-state index in [9.17, 15) is 10.2 Å². The molecule has 1 fully saturated rings. The lowest BCUT2D eigenvalue weighted by Crippen LogP contribution is -2.42. The molecule has 1 aliphatic heterocycles. The third-order valence-electron chi connectivity index (χ3n) is 3.54. The van der Waals surface area contributed by atoms with Crippen LogP contribution in [-0.2, 0) is 9.47 Å². The fraction of sp³-hybridized carbons (Fsp3) is 0.867. The Bertz CT molecular complexity index is 269. The summed E-state index contributed by atoms with van der Waals surface area (Å²) in [6, 6.07) is 0. The highest BCUT2D eigenvalue weighted by molar-refractivity contribution is 4.89. The molecule has 0 aromatic carbocycles. The summed E-state index contributed by atoms with van der Waals surface area (Å²) in [7, 11) is 0. The molecule has 3 N–H and O–H groups in total. The van der Waals surface area contributed by atoms with Crippen LogP contribution in [0.15, 0.2) is 12.2 Å². The van der Waals surface area contributed by atoms with E-state index in [4.69, 9.17) is 14.6 Å². The van der Waals surface area contributed by atoms with Crippen LogP contribution in [0.1, 0.15) is 39.0 Å². The van der Waals surface area contributed by atoms with Crippen molar-refractivity contribution in [3.8, 4) is 0 Å². The van der Waals surface area contributed by atoms with E-state index in [-0.39, 0.29) is 13.2 Å². The molecule has 0 spiro atoms. The van der Waals surface area contributed by atoms with Gasteiger partial charge in [-0.05, 0) is 26.2 Å². The van der Waals surface area contributed by atoms with Crippen LogP contribution in [0.2, 0.25) is 0 Å². The molecule has 1 heterocycles. The second kappa shape index (κ2) is 10.3. The molecule has 0 unspecified atom stereocenters. The summed E-state index contributed by atoms with van der Waals surface area (Å²) >= 11 is 0. The topological polar surface area (TPSA) is 79.2 Å². The van der Waals surface area contributed by atoms with Crippen LogP contribution in [-0.4, -0.2) is 59.6 Å². The van der Waals surface area contributed by atoms with Crippen molar-refractivity contribution in [2.24, 2.45) is 0 Å². The molecule has 5 nitrogen and oxygen atoms in total. The lowest BCUT2D eigenvalue weighted by atomic mass is 10.1. The van der Waals surface area contributed by atoms with E-state index in [1.807, 2.05) is 6.92 Å². The number of ether oxygens (including phenoxy) is 2. The largest absolute Gasteiger partial charge is 0.394 e. The van der Waals surface area contributed by atoms with Crippen LogP contribution in [0, 0.1) is 0 Å². The number of hydrogen-bond donors (Lipinski definition) is 3. The second-order valence-corrected chi connectivity index (χ2v) is 5.22. The van der Waals surface area contributed by atoms with Crippen molar-refractivity contribution >= 4 is 0 Å². The van der Waals surface area contributed by atoms with Gasteiger partial charge in [-0.2, -0.15) is 0 Å². The summed E-state index contributed by atoms with van der Waals surface area (Å²) < 4.78 is 10.9. The molecule has 1 aliphatic rings. The Labute approximate surface area is 121 Å². The Morgan fingerprint density at radius 1 is 1.30 bits per heavy atom. The molecule has 118 valence electrons. The Hall–Kier alpha value is -0.460. The van der Waals surface area contributed by atoms with E-state index in [2.05, 4.69) is 12.2 Å². The molecule has 20 heavy (non-hydrogen) atoms. The molecule has 0 amide bonds. The molecule has 0 saturated carbocycles. The summed E-state index contributed by atoms with van der Waals surface area (Å²) in [5, 5.41) is 28.3. The standard InChI is InChI=1S/C15H28O5/c1-2-3-4-5-6-7-8-9-19-15-13(18)11-20-14(15)12(17)10-16/h2-3,12-18H,4-11H2,1H3/b3-2+/t12-,13+,14+,15+/m0/s1. The molecule has 0 aliphatic carbocycles. The van der Waals surface area contributed by atoms with Crippen molar-refractivity contribution in [1.29, 1.82) is 0 Å². The average molecular weight is 288 g/mol. The molecule has 0 aromatic heterocycles. The zero-order valence-electron chi connectivity index (χ0n) is 12.3. The van der Waals surface area contributed by atoms with Gasteiger partial charge in [0.05, 0.1) is 13.2 Å². The van der Waals surface area contributed by atoms with Crippen molar-refractivity contribution < 1.29 is 24.8 Å². The highest BCUT2D eigenvalue weighted by Crippen LogP contribution is 2.21. The van der Waals surface area contributed by atoms with Crippen molar-refractivity contribution in [2.45, 2.75) is 63.4 Å². The van der Waals surface area contributed by atoms with Gasteiger partial charge < -0.3 is 24.8 Å². The maximum absolute atomic E-state index is 9.75. The predicted octanol–water partition coefficient (Wildman–Crippen LogP) is 1.01. The number of rotatable bonds is 10. The van der Waals surface area contributed by atoms with Gasteiger partial charge in [0.25, 0.3) is 0 Å². The minimum Gasteiger partial charge on any atom is -0.394 e. The van der Waals surface area contributed by atoms with Gasteiger partial charge in [-0.25, -0.2) is 0 Å². The third-order valence-corrected chi connectivity index (χ3v) is 3.54. The van der Waals surface area contributed by atoms with Crippen LogP contribution in [0.5, 0.6) is 0 Å². The Balaban J connectivity index is 2.13. The minimum atomic E-state index is -1.00. The first-order valence-corrected chi connectivity index (χ1v) is 7.52. The molecule has 1 saturated heterocycles. The molecular formula is C15H28O5. The molecule has 0 radical (unpaired) electrons. The molecule has 4 atom stereocenters. The van der Waals surface area contributed by atoms with E-state index >= 15 is 0 Å². The maximum atomic E-state index is 9.75. The fourth-order valence-corrected chi connectivity index (χ4v) is 2.36. The normalized spacial score (nSPS) is 28.3. The van der Waals surface area contributed by atoms with E-state index in [0.29, 0.717) is 6.61 Å². The molecule has 1 rings (SSSR count). The van der Waals surface area contributed by atoms with Crippen molar-refractivity contribution in [2.75, 3.05) is 19.8 Å². The third kappa shape index (κ3) is 5.89. The van der Waals surface area contributed by atoms with Crippen molar-refractivity contribution in [3.05, 3.63) is 12.2 Å². The van der Waals surface area contributed by atoms with Gasteiger partial charge in [0, 0.05) is 6.61 Å². The minimum absolute atomic E-state index is 0.149. The average Bonchev–Trinajstić information content (AvgIpc) is 2.82. The van der Waals surface area contributed by atoms with Crippen LogP contribution in [0.25, 0.3) is 0 Å². The zero-order chi connectivity index (χ0) is 14.8. The van der Waals surface area contributed by atoms with Crippen molar-refractivity contribution in [1.82, 2.24) is 0 Å². The zero-order valence-corrected chi connectivity index (χ0v) is 12.3. The first-order valence-electron chi connectivity index (χ1n) is 7.52. The lowest BCUT2D eigenvalue weighted by molar-refractivity contribution is -0.0938. The summed E-state index contributed by atoms with van der Waals surface area (Å²) in [5.74, 6) is 0. The number of unbranched alkanes of at least 4 members (excludes halogenated alkanes) is 4. The SMILES string of the molecule is C/C=C/CCCCCCO[C@H]1[C@@H]([C@@H](O)CO)OC[C@H]1O. The van der Waals surface area contributed by atoms with E-state index < -0.39 is 24.4 Å². The quantitative estimate of drug-likeness (QED) is 0.413. The molecule has 5 heteroatoms. The smallest absolute Gasteiger partial charge is 0.114 e. The number of aliphatic hydroxyl groups excluding tert-OH is 3. The molecular weight excluding hydrogens is 260 g/mol. The number of hydrogen-bond acceptors (Lipinski definition) is 5. The second-order valence-electron chi connectivity index (χ2n) is 5.22. The van der Waals surface area contributed by atoms with Gasteiger partial charge in [0.1, 0.15) is 24.4 Å². The summed E-state index contributed by atoms with van der Waals surface area (Å²) in [4.78, 5) is 0. The number of allylic oxidation sites excluding steroid dienone is 2. The Morgan fingerprint density at radius 2 is 2.05 bits per heavy atom. The summed E-state index contributed by atoms with van der Waals surface area (Å²) in [5.41, 5.74) is 0. The first kappa shape index (κ1) is 17.6. The summed E-state index contributed by atoms with van der Waals surface area (Å²) in [6.45, 7) is 2.33. The summed E-state index contributed by atoms with van der Waals surface area (Å²) in [6.07, 6.45) is 6.83. The predicted molar refractivity (Wildman–Crippen MR) is 76.5 cm³/mol. The fourth-order valence-electron chi connectivity index (χ4n) is 2.36. The van der Waals surface area contributed by atoms with Crippen LogP contribution in [0.4, 0.5) is 0 Å². The van der Waals surface area contributed by atoms with E-state index in [1.165, 1.54) is 12.8 Å².